The van der Waals surface area contributed by atoms with Gasteiger partial charge >= 0.3 is 5.97 Å². The number of ether oxygens (including phenoxy) is 3. The predicted octanol–water partition coefficient (Wildman–Crippen LogP) is 3.86. The predicted molar refractivity (Wildman–Crippen MR) is 103 cm³/mol. The monoisotopic (exact) mass is 380 g/mol. The first-order chi connectivity index (χ1) is 13.6. The number of aryl methyl sites for hydroxylation is 1. The van der Waals surface area contributed by atoms with Crippen LogP contribution < -0.4 is 9.47 Å². The van der Waals surface area contributed by atoms with Crippen LogP contribution in [0.3, 0.4) is 0 Å². The van der Waals surface area contributed by atoms with E-state index < -0.39 is 5.97 Å². The van der Waals surface area contributed by atoms with E-state index in [4.69, 9.17) is 14.2 Å². The molecule has 0 saturated carbocycles. The van der Waals surface area contributed by atoms with Gasteiger partial charge in [0.05, 0.1) is 19.4 Å². The molecule has 0 atom stereocenters. The Labute approximate surface area is 162 Å². The molecule has 3 aromatic rings. The Morgan fingerprint density at radius 3 is 2.57 bits per heavy atom. The van der Waals surface area contributed by atoms with Crippen LogP contribution in [-0.4, -0.2) is 28.0 Å². The van der Waals surface area contributed by atoms with Crippen LogP contribution in [0.25, 0.3) is 5.57 Å². The van der Waals surface area contributed by atoms with Crippen LogP contribution in [0.15, 0.2) is 66.9 Å². The van der Waals surface area contributed by atoms with Gasteiger partial charge in [-0.1, -0.05) is 42.5 Å². The third-order valence-electron chi connectivity index (χ3n) is 3.93. The van der Waals surface area contributed by atoms with Gasteiger partial charge in [-0.15, -0.1) is 5.10 Å². The molecule has 1 heterocycles. The topological polar surface area (TPSA) is 82.8 Å². The van der Waals surface area contributed by atoms with Crippen molar-refractivity contribution >= 4 is 11.5 Å². The summed E-state index contributed by atoms with van der Waals surface area (Å²) in [5, 5.41) is 13.7. The van der Waals surface area contributed by atoms with Crippen molar-refractivity contribution in [2.24, 2.45) is 7.05 Å². The molecule has 3 rings (SSSR count). The normalized spacial score (nSPS) is 11.1. The second-order valence-electron chi connectivity index (χ2n) is 5.88. The van der Waals surface area contributed by atoms with E-state index in [1.165, 1.54) is 13.4 Å². The lowest BCUT2D eigenvalue weighted by atomic mass is 10.0. The van der Waals surface area contributed by atoms with Crippen LogP contribution in [0, 0.1) is 0 Å². The Morgan fingerprint density at radius 1 is 1.14 bits per heavy atom. The van der Waals surface area contributed by atoms with Crippen molar-refractivity contribution < 1.29 is 24.1 Å². The van der Waals surface area contributed by atoms with E-state index in [2.05, 4.69) is 5.10 Å². The second-order valence-corrected chi connectivity index (χ2v) is 5.88. The van der Waals surface area contributed by atoms with Gasteiger partial charge in [-0.05, 0) is 23.3 Å². The van der Waals surface area contributed by atoms with Crippen molar-refractivity contribution in [3.8, 4) is 17.5 Å². The lowest BCUT2D eigenvalue weighted by Crippen LogP contribution is -2.06. The van der Waals surface area contributed by atoms with Crippen LogP contribution in [-0.2, 0) is 23.2 Å². The van der Waals surface area contributed by atoms with Crippen molar-refractivity contribution in [1.82, 2.24) is 9.78 Å². The molecule has 144 valence electrons. The van der Waals surface area contributed by atoms with Gasteiger partial charge in [-0.25, -0.2) is 9.48 Å². The summed E-state index contributed by atoms with van der Waals surface area (Å²) in [6.45, 7) is 0.145. The fraction of sp³-hybridized carbons (Fsp3) is 0.143. The quantitative estimate of drug-likeness (QED) is 0.472. The molecule has 0 aliphatic rings. The largest absolute Gasteiger partial charge is 0.503 e. The highest BCUT2D eigenvalue weighted by molar-refractivity contribution is 6.15. The maximum atomic E-state index is 11.5. The third kappa shape index (κ3) is 4.50. The number of aromatic nitrogens is 2. The lowest BCUT2D eigenvalue weighted by molar-refractivity contribution is -0.130. The first-order valence-electron chi connectivity index (χ1n) is 8.52. The molecule has 1 N–H and O–H groups in total. The van der Waals surface area contributed by atoms with Crippen LogP contribution >= 0.6 is 0 Å². The van der Waals surface area contributed by atoms with Crippen molar-refractivity contribution in [3.63, 3.8) is 0 Å². The van der Waals surface area contributed by atoms with Gasteiger partial charge in [0, 0.05) is 7.05 Å². The maximum absolute atomic E-state index is 11.5. The molecule has 1 aromatic heterocycles. The zero-order valence-corrected chi connectivity index (χ0v) is 15.5. The van der Waals surface area contributed by atoms with Crippen molar-refractivity contribution in [2.45, 2.75) is 6.61 Å². The number of carboxylic acids is 1. The average Bonchev–Trinajstić information content (AvgIpc) is 3.05. The summed E-state index contributed by atoms with van der Waals surface area (Å²) >= 11 is 0. The summed E-state index contributed by atoms with van der Waals surface area (Å²) in [6, 6.07) is 18.1. The number of carboxylic acid groups (broad SMARTS) is 1. The van der Waals surface area contributed by atoms with E-state index in [9.17, 15) is 9.90 Å². The van der Waals surface area contributed by atoms with E-state index in [1.807, 2.05) is 36.4 Å². The van der Waals surface area contributed by atoms with Crippen LogP contribution in [0.4, 0.5) is 0 Å². The Balaban J connectivity index is 1.76. The molecule has 0 spiro atoms. The van der Waals surface area contributed by atoms with E-state index in [-0.39, 0.29) is 12.2 Å². The average molecular weight is 380 g/mol. The molecular weight excluding hydrogens is 360 g/mol. The number of rotatable bonds is 8. The molecule has 0 aliphatic heterocycles. The molecule has 0 saturated heterocycles. The van der Waals surface area contributed by atoms with E-state index in [1.54, 1.807) is 36.0 Å². The lowest BCUT2D eigenvalue weighted by Gasteiger charge is -2.10. The maximum Gasteiger partial charge on any atom is 0.339 e. The second kappa shape index (κ2) is 8.77. The Kier molecular flexibility index (Phi) is 5.96. The summed E-state index contributed by atoms with van der Waals surface area (Å²) < 4.78 is 18.0. The van der Waals surface area contributed by atoms with Gasteiger partial charge < -0.3 is 19.3 Å². The Hall–Kier alpha value is -3.74. The number of para-hydroxylation sites is 1. The molecule has 0 fully saturated rings. The highest BCUT2D eigenvalue weighted by Gasteiger charge is 2.16. The zero-order chi connectivity index (χ0) is 19.9. The molecule has 28 heavy (non-hydrogen) atoms. The summed E-state index contributed by atoms with van der Waals surface area (Å²) in [5.41, 5.74) is 1.27. The van der Waals surface area contributed by atoms with Gasteiger partial charge in [0.2, 0.25) is 11.8 Å². The van der Waals surface area contributed by atoms with E-state index in [0.29, 0.717) is 28.6 Å². The number of methoxy groups -OCH3 is 1. The molecule has 0 bridgehead atoms. The number of aliphatic carboxylic acids is 1. The summed E-state index contributed by atoms with van der Waals surface area (Å²) in [5.74, 6) is 0.514. The molecule has 0 radical (unpaired) electrons. The summed E-state index contributed by atoms with van der Waals surface area (Å²) in [7, 11) is 3.16. The third-order valence-corrected chi connectivity index (χ3v) is 3.93. The number of carbonyl (C=O) groups is 1. The van der Waals surface area contributed by atoms with Crippen LogP contribution in [0.2, 0.25) is 0 Å². The number of nitrogens with zero attached hydrogens (tertiary/aromatic N) is 2. The van der Waals surface area contributed by atoms with Crippen molar-refractivity contribution in [2.75, 3.05) is 7.11 Å². The first kappa shape index (κ1) is 19.0. The Morgan fingerprint density at radius 2 is 1.86 bits per heavy atom. The van der Waals surface area contributed by atoms with Gasteiger partial charge in [-0.2, -0.15) is 0 Å². The molecule has 7 heteroatoms. The summed E-state index contributed by atoms with van der Waals surface area (Å²) in [6.07, 6.45) is 1.20. The molecule has 2 aromatic carbocycles. The van der Waals surface area contributed by atoms with E-state index >= 15 is 0 Å². The number of hydrogen-bond donors (Lipinski definition) is 1. The molecule has 7 nitrogen and oxygen atoms in total. The van der Waals surface area contributed by atoms with Crippen LogP contribution in [0.1, 0.15) is 11.1 Å². The number of benzene rings is 2. The zero-order valence-electron chi connectivity index (χ0n) is 15.5. The minimum absolute atomic E-state index is 0.0517. The standard InChI is InChI=1S/C21H20N2O5/c1-23-20(28-16-9-4-3-5-10-16)12-19(22-23)27-13-15-8-6-7-11-17(15)18(14-26-2)21(24)25/h3-12,14H,13H2,1-2H3,(H,24,25). The molecule has 0 amide bonds. The smallest absolute Gasteiger partial charge is 0.339 e. The van der Waals surface area contributed by atoms with Gasteiger partial charge in [0.25, 0.3) is 0 Å². The number of hydrogen-bond acceptors (Lipinski definition) is 5. The van der Waals surface area contributed by atoms with Gasteiger partial charge in [-0.3, -0.25) is 0 Å². The highest BCUT2D eigenvalue weighted by Crippen LogP contribution is 2.26. The summed E-state index contributed by atoms with van der Waals surface area (Å²) in [4.78, 5) is 11.5. The molecule has 0 unspecified atom stereocenters. The first-order valence-corrected chi connectivity index (χ1v) is 8.52. The fourth-order valence-corrected chi connectivity index (χ4v) is 2.61. The SMILES string of the molecule is COC=C(C(=O)O)c1ccccc1COc1cc(Oc2ccccc2)n(C)n1. The highest BCUT2D eigenvalue weighted by atomic mass is 16.5. The molecule has 0 aliphatic carbocycles. The fourth-order valence-electron chi connectivity index (χ4n) is 2.61. The Bertz CT molecular complexity index is 979. The van der Waals surface area contributed by atoms with Gasteiger partial charge in [0.15, 0.2) is 0 Å². The molecular formula is C21H20N2O5. The van der Waals surface area contributed by atoms with Crippen molar-refractivity contribution in [3.05, 3.63) is 78.1 Å². The minimum Gasteiger partial charge on any atom is -0.503 e. The minimum atomic E-state index is -1.08. The van der Waals surface area contributed by atoms with E-state index in [0.717, 1.165) is 0 Å². The van der Waals surface area contributed by atoms with Crippen molar-refractivity contribution in [1.29, 1.82) is 0 Å². The van der Waals surface area contributed by atoms with Gasteiger partial charge in [0.1, 0.15) is 17.9 Å². The van der Waals surface area contributed by atoms with Crippen LogP contribution in [0.5, 0.6) is 17.5 Å².